The molecule has 0 radical (unpaired) electrons. The number of carbonyl (C=O) groups excluding carboxylic acids is 1. The highest BCUT2D eigenvalue weighted by atomic mass is 16.5. The van der Waals surface area contributed by atoms with E-state index in [9.17, 15) is 4.79 Å². The lowest BCUT2D eigenvalue weighted by molar-refractivity contribution is 0.102. The van der Waals surface area contributed by atoms with Crippen LogP contribution in [0.2, 0.25) is 0 Å². The van der Waals surface area contributed by atoms with Crippen molar-refractivity contribution in [2.24, 2.45) is 0 Å². The second-order valence-electron chi connectivity index (χ2n) is 6.89. The van der Waals surface area contributed by atoms with Crippen LogP contribution in [-0.2, 0) is 6.42 Å². The standard InChI is InChI=1S/C24H23NO2/c1-2-3-13-27-21-9-6-8-18(16-21)24(26)25-20-11-12-23-19(15-20)14-17-7-4-5-10-22(17)23/h4-12,15-16H,2-3,13-14H2,1H3,(H,25,26). The van der Waals surface area contributed by atoms with E-state index in [2.05, 4.69) is 48.6 Å². The Bertz CT molecular complexity index is 978. The van der Waals surface area contributed by atoms with Crippen molar-refractivity contribution in [2.75, 3.05) is 11.9 Å². The van der Waals surface area contributed by atoms with Crippen molar-refractivity contribution >= 4 is 11.6 Å². The predicted octanol–water partition coefficient (Wildman–Crippen LogP) is 5.69. The number of unbranched alkanes of at least 4 members (excludes halogenated alkanes) is 1. The van der Waals surface area contributed by atoms with E-state index in [0.29, 0.717) is 12.2 Å². The van der Waals surface area contributed by atoms with Gasteiger partial charge in [-0.15, -0.1) is 0 Å². The van der Waals surface area contributed by atoms with E-state index in [1.807, 2.05) is 24.3 Å². The smallest absolute Gasteiger partial charge is 0.255 e. The maximum Gasteiger partial charge on any atom is 0.255 e. The second-order valence-corrected chi connectivity index (χ2v) is 6.89. The highest BCUT2D eigenvalue weighted by Gasteiger charge is 2.18. The summed E-state index contributed by atoms with van der Waals surface area (Å²) in [4.78, 5) is 12.6. The fourth-order valence-corrected chi connectivity index (χ4v) is 3.49. The maximum absolute atomic E-state index is 12.6. The zero-order chi connectivity index (χ0) is 18.6. The van der Waals surface area contributed by atoms with Gasteiger partial charge in [-0.05, 0) is 65.4 Å². The average Bonchev–Trinajstić information content (AvgIpc) is 3.06. The van der Waals surface area contributed by atoms with Gasteiger partial charge in [0, 0.05) is 11.3 Å². The summed E-state index contributed by atoms with van der Waals surface area (Å²) in [6, 6.07) is 22.0. The fourth-order valence-electron chi connectivity index (χ4n) is 3.49. The van der Waals surface area contributed by atoms with Gasteiger partial charge in [0.05, 0.1) is 6.61 Å². The zero-order valence-corrected chi connectivity index (χ0v) is 15.5. The monoisotopic (exact) mass is 357 g/mol. The van der Waals surface area contributed by atoms with Gasteiger partial charge in [-0.3, -0.25) is 4.79 Å². The largest absolute Gasteiger partial charge is 0.494 e. The minimum Gasteiger partial charge on any atom is -0.494 e. The van der Waals surface area contributed by atoms with Gasteiger partial charge in [-0.1, -0.05) is 49.7 Å². The highest BCUT2D eigenvalue weighted by Crippen LogP contribution is 2.37. The molecule has 1 aliphatic carbocycles. The van der Waals surface area contributed by atoms with Gasteiger partial charge < -0.3 is 10.1 Å². The van der Waals surface area contributed by atoms with Crippen molar-refractivity contribution in [2.45, 2.75) is 26.2 Å². The van der Waals surface area contributed by atoms with E-state index in [-0.39, 0.29) is 5.91 Å². The molecule has 136 valence electrons. The molecule has 0 unspecified atom stereocenters. The van der Waals surface area contributed by atoms with Gasteiger partial charge >= 0.3 is 0 Å². The van der Waals surface area contributed by atoms with Gasteiger partial charge in [-0.25, -0.2) is 0 Å². The Kier molecular flexibility index (Phi) is 4.93. The lowest BCUT2D eigenvalue weighted by Crippen LogP contribution is -2.12. The van der Waals surface area contributed by atoms with Crippen molar-refractivity contribution < 1.29 is 9.53 Å². The molecule has 0 atom stereocenters. The highest BCUT2D eigenvalue weighted by molar-refractivity contribution is 6.04. The molecule has 0 aromatic heterocycles. The Morgan fingerprint density at radius 2 is 1.81 bits per heavy atom. The molecule has 0 bridgehead atoms. The number of carbonyl (C=O) groups is 1. The number of anilines is 1. The molecule has 1 aliphatic rings. The number of amides is 1. The molecule has 0 fully saturated rings. The number of nitrogens with one attached hydrogen (secondary N) is 1. The number of benzene rings is 3. The Labute approximate surface area is 160 Å². The minimum atomic E-state index is -0.119. The quantitative estimate of drug-likeness (QED) is 0.450. The van der Waals surface area contributed by atoms with Crippen LogP contribution in [0.5, 0.6) is 5.75 Å². The first-order valence-electron chi connectivity index (χ1n) is 9.50. The lowest BCUT2D eigenvalue weighted by Gasteiger charge is -2.10. The first-order chi connectivity index (χ1) is 13.2. The summed E-state index contributed by atoms with van der Waals surface area (Å²) in [5, 5.41) is 3.01. The van der Waals surface area contributed by atoms with Crippen LogP contribution in [0.25, 0.3) is 11.1 Å². The molecule has 3 aromatic carbocycles. The number of fused-ring (bicyclic) bond motifs is 3. The molecule has 0 spiro atoms. The molecule has 0 heterocycles. The Hall–Kier alpha value is -3.07. The van der Waals surface area contributed by atoms with Gasteiger partial charge in [0.15, 0.2) is 0 Å². The SMILES string of the molecule is CCCCOc1cccc(C(=O)Nc2ccc3c(c2)Cc2ccccc2-3)c1. The van der Waals surface area contributed by atoms with Crippen LogP contribution in [0.1, 0.15) is 41.3 Å². The third-order valence-corrected chi connectivity index (χ3v) is 4.91. The first-order valence-corrected chi connectivity index (χ1v) is 9.50. The Morgan fingerprint density at radius 1 is 0.963 bits per heavy atom. The van der Waals surface area contributed by atoms with E-state index < -0.39 is 0 Å². The summed E-state index contributed by atoms with van der Waals surface area (Å²) >= 11 is 0. The van der Waals surface area contributed by atoms with Crippen molar-refractivity contribution in [1.29, 1.82) is 0 Å². The normalized spacial score (nSPS) is 11.6. The molecular formula is C24H23NO2. The van der Waals surface area contributed by atoms with Crippen molar-refractivity contribution in [1.82, 2.24) is 0 Å². The third-order valence-electron chi connectivity index (χ3n) is 4.91. The number of hydrogen-bond donors (Lipinski definition) is 1. The lowest BCUT2D eigenvalue weighted by atomic mass is 10.1. The summed E-state index contributed by atoms with van der Waals surface area (Å²) in [5.74, 6) is 0.618. The number of rotatable bonds is 6. The van der Waals surface area contributed by atoms with E-state index in [4.69, 9.17) is 4.74 Å². The number of hydrogen-bond acceptors (Lipinski definition) is 2. The van der Waals surface area contributed by atoms with Crippen LogP contribution >= 0.6 is 0 Å². The van der Waals surface area contributed by atoms with Crippen LogP contribution < -0.4 is 10.1 Å². The van der Waals surface area contributed by atoms with Crippen LogP contribution in [-0.4, -0.2) is 12.5 Å². The summed E-state index contributed by atoms with van der Waals surface area (Å²) < 4.78 is 5.70. The van der Waals surface area contributed by atoms with E-state index in [1.54, 1.807) is 6.07 Å². The molecule has 0 saturated heterocycles. The average molecular weight is 357 g/mol. The van der Waals surface area contributed by atoms with E-state index >= 15 is 0 Å². The van der Waals surface area contributed by atoms with Gasteiger partial charge in [0.1, 0.15) is 5.75 Å². The van der Waals surface area contributed by atoms with E-state index in [1.165, 1.54) is 22.3 Å². The fraction of sp³-hybridized carbons (Fsp3) is 0.208. The van der Waals surface area contributed by atoms with Crippen LogP contribution in [0, 0.1) is 0 Å². The molecular weight excluding hydrogens is 334 g/mol. The molecule has 0 aliphatic heterocycles. The first kappa shape index (κ1) is 17.3. The molecule has 3 nitrogen and oxygen atoms in total. The van der Waals surface area contributed by atoms with Crippen LogP contribution in [0.3, 0.4) is 0 Å². The molecule has 0 saturated carbocycles. The summed E-state index contributed by atoms with van der Waals surface area (Å²) in [6.07, 6.45) is 3.01. The molecule has 27 heavy (non-hydrogen) atoms. The minimum absolute atomic E-state index is 0.119. The topological polar surface area (TPSA) is 38.3 Å². The van der Waals surface area contributed by atoms with Crippen molar-refractivity contribution in [3.63, 3.8) is 0 Å². The number of ether oxygens (including phenoxy) is 1. The summed E-state index contributed by atoms with van der Waals surface area (Å²) in [7, 11) is 0. The summed E-state index contributed by atoms with van der Waals surface area (Å²) in [6.45, 7) is 2.80. The van der Waals surface area contributed by atoms with E-state index in [0.717, 1.165) is 30.7 Å². The Balaban J connectivity index is 1.48. The van der Waals surface area contributed by atoms with Gasteiger partial charge in [0.2, 0.25) is 0 Å². The third kappa shape index (κ3) is 3.72. The molecule has 3 heteroatoms. The van der Waals surface area contributed by atoms with Crippen molar-refractivity contribution in [3.05, 3.63) is 83.4 Å². The maximum atomic E-state index is 12.6. The summed E-state index contributed by atoms with van der Waals surface area (Å²) in [5.41, 5.74) is 6.58. The Morgan fingerprint density at radius 3 is 2.70 bits per heavy atom. The molecule has 1 N–H and O–H groups in total. The van der Waals surface area contributed by atoms with Crippen LogP contribution in [0.4, 0.5) is 5.69 Å². The molecule has 4 rings (SSSR count). The molecule has 3 aromatic rings. The zero-order valence-electron chi connectivity index (χ0n) is 15.5. The second kappa shape index (κ2) is 7.67. The predicted molar refractivity (Wildman–Crippen MR) is 109 cm³/mol. The van der Waals surface area contributed by atoms with Crippen molar-refractivity contribution in [3.8, 4) is 16.9 Å². The van der Waals surface area contributed by atoms with Crippen LogP contribution in [0.15, 0.2) is 66.7 Å². The van der Waals surface area contributed by atoms with Gasteiger partial charge in [0.25, 0.3) is 5.91 Å². The molecule has 1 amide bonds. The van der Waals surface area contributed by atoms with Gasteiger partial charge in [-0.2, -0.15) is 0 Å².